The summed E-state index contributed by atoms with van der Waals surface area (Å²) in [5.41, 5.74) is -0.688. The Kier molecular flexibility index (Phi) is 2.22. The molecule has 1 saturated carbocycles. The third kappa shape index (κ3) is 1.54. The number of rotatable bonds is 0. The first-order valence-electron chi connectivity index (χ1n) is 4.81. The number of carbonyl (C=O) groups excluding carboxylic acids is 1. The van der Waals surface area contributed by atoms with Crippen LogP contribution < -0.4 is 0 Å². The molecule has 1 heterocycles. The topological polar surface area (TPSA) is 46.5 Å². The molecule has 1 aliphatic carbocycles. The maximum Gasteiger partial charge on any atom is 0.187 e. The summed E-state index contributed by atoms with van der Waals surface area (Å²) in [4.78, 5) is 11.6. The maximum absolute atomic E-state index is 11.6. The highest BCUT2D eigenvalue weighted by Crippen LogP contribution is 2.35. The fourth-order valence-corrected chi connectivity index (χ4v) is 2.14. The van der Waals surface area contributed by atoms with Gasteiger partial charge in [0.1, 0.15) is 5.60 Å². The second-order valence-electron chi connectivity index (χ2n) is 3.79. The van der Waals surface area contributed by atoms with Crippen LogP contribution in [0.2, 0.25) is 0 Å². The number of aliphatic hydroxyl groups is 1. The standard InChI is InChI=1S/C10H14O3/c11-8-4-5-9(12)13-10(8)6-2-1-3-7-10/h4-5,9,12H,1-3,6-7H2/t9-/m0/s1. The summed E-state index contributed by atoms with van der Waals surface area (Å²) in [5, 5.41) is 9.28. The summed E-state index contributed by atoms with van der Waals surface area (Å²) in [6.45, 7) is 0. The van der Waals surface area contributed by atoms with E-state index in [1.165, 1.54) is 12.2 Å². The number of hydrogen-bond donors (Lipinski definition) is 1. The van der Waals surface area contributed by atoms with E-state index in [-0.39, 0.29) is 5.78 Å². The molecule has 3 heteroatoms. The van der Waals surface area contributed by atoms with E-state index in [9.17, 15) is 9.90 Å². The van der Waals surface area contributed by atoms with Gasteiger partial charge in [-0.05, 0) is 25.0 Å². The lowest BCUT2D eigenvalue weighted by molar-refractivity contribution is -0.186. The smallest absolute Gasteiger partial charge is 0.187 e. The Hall–Kier alpha value is -0.670. The predicted molar refractivity (Wildman–Crippen MR) is 47.1 cm³/mol. The van der Waals surface area contributed by atoms with Crippen molar-refractivity contribution in [3.8, 4) is 0 Å². The van der Waals surface area contributed by atoms with Crippen LogP contribution in [-0.4, -0.2) is 22.8 Å². The molecule has 0 aromatic carbocycles. The lowest BCUT2D eigenvalue weighted by Crippen LogP contribution is -2.47. The van der Waals surface area contributed by atoms with Gasteiger partial charge in [0.15, 0.2) is 12.1 Å². The van der Waals surface area contributed by atoms with Crippen molar-refractivity contribution < 1.29 is 14.6 Å². The summed E-state index contributed by atoms with van der Waals surface area (Å²) in [7, 11) is 0. The largest absolute Gasteiger partial charge is 0.365 e. The van der Waals surface area contributed by atoms with E-state index < -0.39 is 11.9 Å². The van der Waals surface area contributed by atoms with Gasteiger partial charge in [-0.3, -0.25) is 4.79 Å². The molecule has 2 rings (SSSR count). The SMILES string of the molecule is O=C1C=C[C@@H](O)OC12CCCCC2. The van der Waals surface area contributed by atoms with Crippen LogP contribution in [0.4, 0.5) is 0 Å². The van der Waals surface area contributed by atoms with Crippen LogP contribution in [-0.2, 0) is 9.53 Å². The minimum atomic E-state index is -0.893. The van der Waals surface area contributed by atoms with E-state index in [1.54, 1.807) is 0 Å². The summed E-state index contributed by atoms with van der Waals surface area (Å²) in [5.74, 6) is 0.0255. The van der Waals surface area contributed by atoms with Gasteiger partial charge in [-0.25, -0.2) is 0 Å². The third-order valence-electron chi connectivity index (χ3n) is 2.87. The number of ketones is 1. The zero-order chi connectivity index (χ0) is 9.31. The molecule has 0 radical (unpaired) electrons. The number of carbonyl (C=O) groups is 1. The van der Waals surface area contributed by atoms with Crippen molar-refractivity contribution in [1.82, 2.24) is 0 Å². The lowest BCUT2D eigenvalue weighted by Gasteiger charge is -2.38. The summed E-state index contributed by atoms with van der Waals surface area (Å²) in [6.07, 6.45) is 6.69. The van der Waals surface area contributed by atoms with E-state index >= 15 is 0 Å². The van der Waals surface area contributed by atoms with Gasteiger partial charge in [0.05, 0.1) is 0 Å². The van der Waals surface area contributed by atoms with Gasteiger partial charge < -0.3 is 9.84 Å². The van der Waals surface area contributed by atoms with Gasteiger partial charge in [-0.2, -0.15) is 0 Å². The van der Waals surface area contributed by atoms with Crippen molar-refractivity contribution in [3.63, 3.8) is 0 Å². The molecule has 0 aromatic heterocycles. The molecule has 1 fully saturated rings. The predicted octanol–water partition coefficient (Wildman–Crippen LogP) is 1.16. The Morgan fingerprint density at radius 3 is 2.77 bits per heavy atom. The summed E-state index contributed by atoms with van der Waals surface area (Å²) in [6, 6.07) is 0. The fourth-order valence-electron chi connectivity index (χ4n) is 2.14. The van der Waals surface area contributed by atoms with Gasteiger partial charge in [-0.15, -0.1) is 0 Å². The maximum atomic E-state index is 11.6. The van der Waals surface area contributed by atoms with Crippen molar-refractivity contribution in [3.05, 3.63) is 12.2 Å². The first-order chi connectivity index (χ1) is 6.23. The molecule has 1 atom stereocenters. The summed E-state index contributed by atoms with van der Waals surface area (Å²) < 4.78 is 5.35. The van der Waals surface area contributed by atoms with Gasteiger partial charge in [0, 0.05) is 0 Å². The Balaban J connectivity index is 2.19. The molecular weight excluding hydrogens is 168 g/mol. The Labute approximate surface area is 77.4 Å². The van der Waals surface area contributed by atoms with Gasteiger partial charge >= 0.3 is 0 Å². The zero-order valence-electron chi connectivity index (χ0n) is 7.53. The third-order valence-corrected chi connectivity index (χ3v) is 2.87. The highest BCUT2D eigenvalue weighted by atomic mass is 16.6. The molecule has 3 nitrogen and oxygen atoms in total. The summed E-state index contributed by atoms with van der Waals surface area (Å²) >= 11 is 0. The Morgan fingerprint density at radius 1 is 1.38 bits per heavy atom. The second kappa shape index (κ2) is 3.24. The molecule has 1 spiro atoms. The van der Waals surface area contributed by atoms with Crippen molar-refractivity contribution in [2.45, 2.75) is 44.0 Å². The van der Waals surface area contributed by atoms with E-state index in [0.717, 1.165) is 32.1 Å². The van der Waals surface area contributed by atoms with E-state index in [2.05, 4.69) is 0 Å². The van der Waals surface area contributed by atoms with Crippen LogP contribution in [0.5, 0.6) is 0 Å². The van der Waals surface area contributed by atoms with Crippen LogP contribution in [0.15, 0.2) is 12.2 Å². The molecular formula is C10H14O3. The van der Waals surface area contributed by atoms with Gasteiger partial charge in [0.2, 0.25) is 0 Å². The molecule has 0 unspecified atom stereocenters. The molecule has 72 valence electrons. The normalized spacial score (nSPS) is 32.4. The van der Waals surface area contributed by atoms with Crippen LogP contribution >= 0.6 is 0 Å². The van der Waals surface area contributed by atoms with Crippen molar-refractivity contribution >= 4 is 5.78 Å². The molecule has 0 aromatic rings. The molecule has 1 N–H and O–H groups in total. The Bertz CT molecular complexity index is 239. The minimum Gasteiger partial charge on any atom is -0.365 e. The lowest BCUT2D eigenvalue weighted by atomic mass is 9.80. The molecule has 0 bridgehead atoms. The van der Waals surface area contributed by atoms with Crippen molar-refractivity contribution in [2.24, 2.45) is 0 Å². The van der Waals surface area contributed by atoms with E-state index in [4.69, 9.17) is 4.74 Å². The van der Waals surface area contributed by atoms with Crippen molar-refractivity contribution in [2.75, 3.05) is 0 Å². The molecule has 1 aliphatic heterocycles. The van der Waals surface area contributed by atoms with Crippen molar-refractivity contribution in [1.29, 1.82) is 0 Å². The number of aliphatic hydroxyl groups excluding tert-OH is 1. The van der Waals surface area contributed by atoms with Crippen LogP contribution in [0.3, 0.4) is 0 Å². The number of hydrogen-bond acceptors (Lipinski definition) is 3. The van der Waals surface area contributed by atoms with Crippen LogP contribution in [0.25, 0.3) is 0 Å². The molecule has 0 amide bonds. The van der Waals surface area contributed by atoms with E-state index in [0.29, 0.717) is 0 Å². The monoisotopic (exact) mass is 182 g/mol. The Morgan fingerprint density at radius 2 is 2.08 bits per heavy atom. The second-order valence-corrected chi connectivity index (χ2v) is 3.79. The average molecular weight is 182 g/mol. The zero-order valence-corrected chi connectivity index (χ0v) is 7.53. The number of ether oxygens (including phenoxy) is 1. The van der Waals surface area contributed by atoms with Crippen LogP contribution in [0, 0.1) is 0 Å². The molecule has 13 heavy (non-hydrogen) atoms. The molecule has 0 saturated heterocycles. The highest BCUT2D eigenvalue weighted by Gasteiger charge is 2.42. The first-order valence-corrected chi connectivity index (χ1v) is 4.81. The fraction of sp³-hybridized carbons (Fsp3) is 0.700. The van der Waals surface area contributed by atoms with Gasteiger partial charge in [-0.1, -0.05) is 19.3 Å². The average Bonchev–Trinajstić information content (AvgIpc) is 2.14. The highest BCUT2D eigenvalue weighted by molar-refractivity contribution is 5.97. The van der Waals surface area contributed by atoms with Crippen LogP contribution in [0.1, 0.15) is 32.1 Å². The quantitative estimate of drug-likeness (QED) is 0.611. The van der Waals surface area contributed by atoms with Gasteiger partial charge in [0.25, 0.3) is 0 Å². The van der Waals surface area contributed by atoms with E-state index in [1.807, 2.05) is 0 Å². The first kappa shape index (κ1) is 8.91. The minimum absolute atomic E-state index is 0.0255. The molecule has 2 aliphatic rings.